The molecular weight excluding hydrogens is 228 g/mol. The second-order valence-corrected chi connectivity index (χ2v) is 5.22. The van der Waals surface area contributed by atoms with Crippen molar-refractivity contribution < 1.29 is 0 Å². The topological polar surface area (TPSA) is 64.2 Å². The van der Waals surface area contributed by atoms with E-state index in [2.05, 4.69) is 9.88 Å². The second kappa shape index (κ2) is 5.52. The van der Waals surface area contributed by atoms with E-state index in [4.69, 9.17) is 5.73 Å². The molecule has 0 amide bonds. The van der Waals surface area contributed by atoms with Crippen molar-refractivity contribution in [2.45, 2.75) is 32.7 Å². The van der Waals surface area contributed by atoms with Crippen molar-refractivity contribution in [3.8, 4) is 0 Å². The molecule has 0 aliphatic carbocycles. The fraction of sp³-hybridized carbons (Fsp3) is 0.692. The Morgan fingerprint density at radius 2 is 2.11 bits per heavy atom. The molecule has 1 aromatic rings. The zero-order chi connectivity index (χ0) is 13.1. The van der Waals surface area contributed by atoms with Gasteiger partial charge >= 0.3 is 0 Å². The summed E-state index contributed by atoms with van der Waals surface area (Å²) < 4.78 is 1.73. The van der Waals surface area contributed by atoms with Crippen LogP contribution in [0.3, 0.4) is 0 Å². The number of rotatable bonds is 3. The van der Waals surface area contributed by atoms with Crippen LogP contribution in [-0.2, 0) is 0 Å². The molecule has 5 heteroatoms. The summed E-state index contributed by atoms with van der Waals surface area (Å²) in [4.78, 5) is 18.6. The van der Waals surface area contributed by atoms with Crippen molar-refractivity contribution in [2.24, 2.45) is 11.7 Å². The number of hydrogen-bond donors (Lipinski definition) is 1. The predicted octanol–water partition coefficient (Wildman–Crippen LogP) is 0.999. The maximum Gasteiger partial charge on any atom is 0.293 e. The van der Waals surface area contributed by atoms with Crippen molar-refractivity contribution in [2.75, 3.05) is 24.5 Å². The normalized spacial score (nSPS) is 17.4. The van der Waals surface area contributed by atoms with Gasteiger partial charge in [0, 0.05) is 31.5 Å². The molecule has 0 bridgehead atoms. The number of nitrogens with two attached hydrogens (primary N) is 1. The number of anilines is 1. The van der Waals surface area contributed by atoms with Gasteiger partial charge in [0.25, 0.3) is 5.56 Å². The molecule has 1 aliphatic heterocycles. The van der Waals surface area contributed by atoms with Crippen LogP contribution in [-0.4, -0.2) is 29.2 Å². The molecule has 1 fully saturated rings. The lowest BCUT2D eigenvalue weighted by Crippen LogP contribution is -2.40. The van der Waals surface area contributed by atoms with E-state index in [-0.39, 0.29) is 11.6 Å². The first-order valence-corrected chi connectivity index (χ1v) is 6.65. The lowest BCUT2D eigenvalue weighted by molar-refractivity contribution is 0.411. The van der Waals surface area contributed by atoms with Crippen molar-refractivity contribution >= 4 is 5.82 Å². The van der Waals surface area contributed by atoms with E-state index in [0.29, 0.717) is 11.7 Å². The minimum Gasteiger partial charge on any atom is -0.352 e. The van der Waals surface area contributed by atoms with Crippen LogP contribution in [0.25, 0.3) is 0 Å². The molecule has 0 saturated carbocycles. The Morgan fingerprint density at radius 3 is 2.67 bits per heavy atom. The summed E-state index contributed by atoms with van der Waals surface area (Å²) in [6.45, 7) is 6.52. The van der Waals surface area contributed by atoms with Crippen molar-refractivity contribution in [3.05, 3.63) is 22.7 Å². The average molecular weight is 250 g/mol. The zero-order valence-corrected chi connectivity index (χ0v) is 11.2. The van der Waals surface area contributed by atoms with Crippen LogP contribution in [0.15, 0.2) is 17.2 Å². The third kappa shape index (κ3) is 2.56. The zero-order valence-electron chi connectivity index (χ0n) is 11.2. The lowest BCUT2D eigenvalue weighted by atomic mass is 9.97. The molecule has 1 aliphatic rings. The van der Waals surface area contributed by atoms with Gasteiger partial charge in [-0.2, -0.15) is 0 Å². The van der Waals surface area contributed by atoms with E-state index in [1.54, 1.807) is 17.0 Å². The molecule has 0 spiro atoms. The minimum atomic E-state index is 0.0127. The smallest absolute Gasteiger partial charge is 0.293 e. The van der Waals surface area contributed by atoms with Crippen LogP contribution < -0.4 is 16.2 Å². The van der Waals surface area contributed by atoms with Crippen LogP contribution in [0, 0.1) is 5.92 Å². The summed E-state index contributed by atoms with van der Waals surface area (Å²) in [6, 6.07) is 0.167. The van der Waals surface area contributed by atoms with Gasteiger partial charge in [0.1, 0.15) is 0 Å². The Kier molecular flexibility index (Phi) is 4.01. The summed E-state index contributed by atoms with van der Waals surface area (Å²) in [6.07, 6.45) is 5.57. The van der Waals surface area contributed by atoms with E-state index in [0.717, 1.165) is 32.5 Å². The molecule has 18 heavy (non-hydrogen) atoms. The first-order valence-electron chi connectivity index (χ1n) is 6.65. The van der Waals surface area contributed by atoms with Gasteiger partial charge in [-0.25, -0.2) is 4.98 Å². The van der Waals surface area contributed by atoms with E-state index < -0.39 is 0 Å². The Balaban J connectivity index is 2.20. The molecular formula is C13H22N4O. The summed E-state index contributed by atoms with van der Waals surface area (Å²) in [5.74, 6) is 1.18. The Morgan fingerprint density at radius 1 is 1.44 bits per heavy atom. The highest BCUT2D eigenvalue weighted by molar-refractivity contribution is 5.36. The molecule has 0 atom stereocenters. The predicted molar refractivity (Wildman–Crippen MR) is 72.9 cm³/mol. The quantitative estimate of drug-likeness (QED) is 0.869. The van der Waals surface area contributed by atoms with Crippen molar-refractivity contribution in [3.63, 3.8) is 0 Å². The fourth-order valence-corrected chi connectivity index (χ4v) is 2.42. The van der Waals surface area contributed by atoms with Gasteiger partial charge in [-0.05, 0) is 39.2 Å². The summed E-state index contributed by atoms with van der Waals surface area (Å²) in [5.41, 5.74) is 5.69. The number of hydrogen-bond acceptors (Lipinski definition) is 4. The van der Waals surface area contributed by atoms with Crippen LogP contribution in [0.5, 0.6) is 0 Å². The SMILES string of the molecule is CC(C)n1ccnc(N2CCC(CN)CC2)c1=O. The molecule has 5 nitrogen and oxygen atoms in total. The standard InChI is InChI=1S/C13H22N4O/c1-10(2)17-8-5-15-12(13(17)18)16-6-3-11(9-14)4-7-16/h5,8,10-11H,3-4,6-7,9,14H2,1-2H3. The highest BCUT2D eigenvalue weighted by Gasteiger charge is 2.21. The molecule has 1 saturated heterocycles. The van der Waals surface area contributed by atoms with Crippen molar-refractivity contribution in [1.29, 1.82) is 0 Å². The van der Waals surface area contributed by atoms with Gasteiger partial charge in [0.05, 0.1) is 0 Å². The third-order valence-corrected chi connectivity index (χ3v) is 3.65. The van der Waals surface area contributed by atoms with E-state index in [9.17, 15) is 4.79 Å². The highest BCUT2D eigenvalue weighted by atomic mass is 16.1. The Bertz CT molecular complexity index is 447. The molecule has 100 valence electrons. The average Bonchev–Trinajstić information content (AvgIpc) is 2.39. The van der Waals surface area contributed by atoms with Gasteiger partial charge < -0.3 is 15.2 Å². The lowest BCUT2D eigenvalue weighted by Gasteiger charge is -2.32. The molecule has 2 N–H and O–H groups in total. The second-order valence-electron chi connectivity index (χ2n) is 5.22. The Labute approximate surface area is 108 Å². The highest BCUT2D eigenvalue weighted by Crippen LogP contribution is 2.18. The fourth-order valence-electron chi connectivity index (χ4n) is 2.42. The van der Waals surface area contributed by atoms with Gasteiger partial charge in [-0.1, -0.05) is 0 Å². The molecule has 1 aromatic heterocycles. The van der Waals surface area contributed by atoms with Gasteiger partial charge in [0.2, 0.25) is 0 Å². The van der Waals surface area contributed by atoms with Crippen LogP contribution in [0.1, 0.15) is 32.7 Å². The first kappa shape index (κ1) is 13.1. The van der Waals surface area contributed by atoms with E-state index in [1.807, 2.05) is 13.8 Å². The van der Waals surface area contributed by atoms with E-state index in [1.165, 1.54) is 0 Å². The molecule has 2 heterocycles. The molecule has 0 unspecified atom stereocenters. The van der Waals surface area contributed by atoms with Crippen LogP contribution in [0.2, 0.25) is 0 Å². The first-order chi connectivity index (χ1) is 8.63. The minimum absolute atomic E-state index is 0.0127. The van der Waals surface area contributed by atoms with E-state index >= 15 is 0 Å². The molecule has 0 aromatic carbocycles. The third-order valence-electron chi connectivity index (χ3n) is 3.65. The summed E-state index contributed by atoms with van der Waals surface area (Å²) in [7, 11) is 0. The molecule has 2 rings (SSSR count). The monoisotopic (exact) mass is 250 g/mol. The Hall–Kier alpha value is -1.36. The van der Waals surface area contributed by atoms with Gasteiger partial charge in [-0.3, -0.25) is 4.79 Å². The summed E-state index contributed by atoms with van der Waals surface area (Å²) >= 11 is 0. The van der Waals surface area contributed by atoms with Crippen molar-refractivity contribution in [1.82, 2.24) is 9.55 Å². The number of piperidine rings is 1. The van der Waals surface area contributed by atoms with Crippen LogP contribution in [0.4, 0.5) is 5.82 Å². The maximum atomic E-state index is 12.3. The number of nitrogens with zero attached hydrogens (tertiary/aromatic N) is 3. The van der Waals surface area contributed by atoms with Gasteiger partial charge in [-0.15, -0.1) is 0 Å². The maximum absolute atomic E-state index is 12.3. The largest absolute Gasteiger partial charge is 0.352 e. The van der Waals surface area contributed by atoms with Crippen LogP contribution >= 0.6 is 0 Å². The number of aromatic nitrogens is 2. The summed E-state index contributed by atoms with van der Waals surface area (Å²) in [5, 5.41) is 0. The van der Waals surface area contributed by atoms with Gasteiger partial charge in [0.15, 0.2) is 5.82 Å². The molecule has 0 radical (unpaired) electrons.